The number of amides is 1. The third-order valence-electron chi connectivity index (χ3n) is 3.27. The van der Waals surface area contributed by atoms with Gasteiger partial charge < -0.3 is 15.0 Å². The van der Waals surface area contributed by atoms with Crippen molar-refractivity contribution >= 4 is 11.6 Å². The topological polar surface area (TPSA) is 41.6 Å². The summed E-state index contributed by atoms with van der Waals surface area (Å²) in [5.74, 6) is 0.155. The Bertz CT molecular complexity index is 420. The fourth-order valence-electron chi connectivity index (χ4n) is 2.28. The molecule has 2 rings (SSSR count). The Morgan fingerprint density at radius 3 is 3.00 bits per heavy atom. The molecule has 0 aliphatic carbocycles. The Balaban J connectivity index is 2.07. The molecule has 1 unspecified atom stereocenters. The number of nitrogens with one attached hydrogen (secondary N) is 1. The van der Waals surface area contributed by atoms with Crippen LogP contribution in [0.25, 0.3) is 0 Å². The smallest absolute Gasteiger partial charge is 0.228 e. The number of hydrogen-bond donors (Lipinski definition) is 1. The van der Waals surface area contributed by atoms with Crippen LogP contribution in [0.1, 0.15) is 24.9 Å². The number of carbonyl (C=O) groups excluding carboxylic acids is 1. The third-order valence-corrected chi connectivity index (χ3v) is 3.27. The second-order valence-corrected chi connectivity index (χ2v) is 4.42. The maximum atomic E-state index is 11.9. The van der Waals surface area contributed by atoms with E-state index in [1.54, 1.807) is 4.90 Å². The standard InChI is InChI=1S/C14H20N2O2/c1-3-18-9-8-15-12-10-14(17)16(2)13-7-5-4-6-11(12)13/h4-7,12,15H,3,8-10H2,1-2H3. The molecule has 1 heterocycles. The highest BCUT2D eigenvalue weighted by Crippen LogP contribution is 2.33. The third kappa shape index (κ3) is 2.71. The van der Waals surface area contributed by atoms with Crippen molar-refractivity contribution in [3.63, 3.8) is 0 Å². The first-order valence-corrected chi connectivity index (χ1v) is 6.40. The number of ether oxygens (including phenoxy) is 1. The van der Waals surface area contributed by atoms with Crippen LogP contribution in [0.5, 0.6) is 0 Å². The van der Waals surface area contributed by atoms with E-state index in [2.05, 4.69) is 11.4 Å². The van der Waals surface area contributed by atoms with Gasteiger partial charge in [-0.2, -0.15) is 0 Å². The van der Waals surface area contributed by atoms with Crippen molar-refractivity contribution in [2.24, 2.45) is 0 Å². The van der Waals surface area contributed by atoms with Crippen LogP contribution < -0.4 is 10.2 Å². The molecule has 0 saturated heterocycles. The average Bonchev–Trinajstić information content (AvgIpc) is 2.40. The number of hydrogen-bond acceptors (Lipinski definition) is 3. The Labute approximate surface area is 108 Å². The van der Waals surface area contributed by atoms with Crippen molar-refractivity contribution in [2.75, 3.05) is 31.7 Å². The zero-order chi connectivity index (χ0) is 13.0. The zero-order valence-corrected chi connectivity index (χ0v) is 11.0. The molecule has 0 spiro atoms. The quantitative estimate of drug-likeness (QED) is 0.807. The molecule has 0 bridgehead atoms. The molecular formula is C14H20N2O2. The summed E-state index contributed by atoms with van der Waals surface area (Å²) in [5, 5.41) is 3.39. The molecule has 1 amide bonds. The summed E-state index contributed by atoms with van der Waals surface area (Å²) in [6.45, 7) is 4.15. The normalized spacial score (nSPS) is 18.9. The maximum Gasteiger partial charge on any atom is 0.228 e. The van der Waals surface area contributed by atoms with Gasteiger partial charge in [0.2, 0.25) is 5.91 Å². The molecule has 0 radical (unpaired) electrons. The minimum atomic E-state index is 0.102. The summed E-state index contributed by atoms with van der Waals surface area (Å²) in [7, 11) is 1.83. The van der Waals surface area contributed by atoms with E-state index in [-0.39, 0.29) is 11.9 Å². The first kappa shape index (κ1) is 13.1. The summed E-state index contributed by atoms with van der Waals surface area (Å²) in [4.78, 5) is 13.6. The number of fused-ring (bicyclic) bond motifs is 1. The summed E-state index contributed by atoms with van der Waals surface area (Å²) in [5.41, 5.74) is 2.19. The Hall–Kier alpha value is -1.39. The molecule has 4 heteroatoms. The molecule has 0 saturated carbocycles. The molecule has 1 atom stereocenters. The number of anilines is 1. The van der Waals surface area contributed by atoms with Gasteiger partial charge in [-0.25, -0.2) is 0 Å². The van der Waals surface area contributed by atoms with Crippen LogP contribution in [-0.4, -0.2) is 32.7 Å². The zero-order valence-electron chi connectivity index (χ0n) is 11.0. The number of benzene rings is 1. The van der Waals surface area contributed by atoms with Crippen molar-refractivity contribution in [1.29, 1.82) is 0 Å². The Morgan fingerprint density at radius 2 is 2.22 bits per heavy atom. The van der Waals surface area contributed by atoms with Gasteiger partial charge in [0, 0.05) is 38.3 Å². The lowest BCUT2D eigenvalue weighted by Crippen LogP contribution is -2.38. The van der Waals surface area contributed by atoms with Crippen molar-refractivity contribution in [1.82, 2.24) is 5.32 Å². The first-order chi connectivity index (χ1) is 8.74. The molecule has 98 valence electrons. The van der Waals surface area contributed by atoms with Crippen molar-refractivity contribution in [3.05, 3.63) is 29.8 Å². The van der Waals surface area contributed by atoms with Crippen LogP contribution in [0.15, 0.2) is 24.3 Å². The number of nitrogens with zero attached hydrogens (tertiary/aromatic N) is 1. The first-order valence-electron chi connectivity index (χ1n) is 6.40. The van der Waals surface area contributed by atoms with Gasteiger partial charge in [-0.1, -0.05) is 18.2 Å². The van der Waals surface area contributed by atoms with Crippen molar-refractivity contribution < 1.29 is 9.53 Å². The fourth-order valence-corrected chi connectivity index (χ4v) is 2.28. The van der Waals surface area contributed by atoms with Gasteiger partial charge in [-0.05, 0) is 18.6 Å². The molecule has 0 aromatic heterocycles. The van der Waals surface area contributed by atoms with Gasteiger partial charge in [0.05, 0.1) is 6.61 Å². The SMILES string of the molecule is CCOCCNC1CC(=O)N(C)c2ccccc21. The maximum absolute atomic E-state index is 11.9. The summed E-state index contributed by atoms with van der Waals surface area (Å²) < 4.78 is 5.30. The highest BCUT2D eigenvalue weighted by molar-refractivity contribution is 5.96. The van der Waals surface area contributed by atoms with Gasteiger partial charge in [0.25, 0.3) is 0 Å². The second kappa shape index (κ2) is 5.98. The highest BCUT2D eigenvalue weighted by Gasteiger charge is 2.28. The van der Waals surface area contributed by atoms with Gasteiger partial charge in [-0.15, -0.1) is 0 Å². The van der Waals surface area contributed by atoms with Crippen LogP contribution in [-0.2, 0) is 9.53 Å². The van der Waals surface area contributed by atoms with E-state index in [4.69, 9.17) is 4.74 Å². The van der Waals surface area contributed by atoms with Gasteiger partial charge in [-0.3, -0.25) is 4.79 Å². The van der Waals surface area contributed by atoms with Gasteiger partial charge in [0.1, 0.15) is 0 Å². The molecule has 0 fully saturated rings. The molecule has 4 nitrogen and oxygen atoms in total. The fraction of sp³-hybridized carbons (Fsp3) is 0.500. The number of rotatable bonds is 5. The van der Waals surface area contributed by atoms with E-state index >= 15 is 0 Å². The summed E-state index contributed by atoms with van der Waals surface area (Å²) in [6, 6.07) is 8.15. The van der Waals surface area contributed by atoms with Crippen molar-refractivity contribution in [3.8, 4) is 0 Å². The number of para-hydroxylation sites is 1. The molecule has 1 aromatic carbocycles. The molecule has 1 aliphatic heterocycles. The molecule has 18 heavy (non-hydrogen) atoms. The monoisotopic (exact) mass is 248 g/mol. The summed E-state index contributed by atoms with van der Waals surface area (Å²) in [6.07, 6.45) is 0.514. The van der Waals surface area contributed by atoms with Crippen LogP contribution in [0.4, 0.5) is 5.69 Å². The molecular weight excluding hydrogens is 228 g/mol. The lowest BCUT2D eigenvalue weighted by Gasteiger charge is -2.32. The lowest BCUT2D eigenvalue weighted by molar-refractivity contribution is -0.119. The predicted octanol–water partition coefficient (Wildman–Crippen LogP) is 1.72. The van der Waals surface area contributed by atoms with E-state index in [9.17, 15) is 4.79 Å². The minimum absolute atomic E-state index is 0.102. The van der Waals surface area contributed by atoms with Crippen molar-refractivity contribution in [2.45, 2.75) is 19.4 Å². The Kier molecular flexibility index (Phi) is 4.33. The van der Waals surface area contributed by atoms with E-state index in [0.29, 0.717) is 13.0 Å². The molecule has 1 N–H and O–H groups in total. The Morgan fingerprint density at radius 1 is 1.44 bits per heavy atom. The van der Waals surface area contributed by atoms with Crippen LogP contribution in [0.3, 0.4) is 0 Å². The largest absolute Gasteiger partial charge is 0.380 e. The highest BCUT2D eigenvalue weighted by atomic mass is 16.5. The lowest BCUT2D eigenvalue weighted by atomic mass is 9.96. The van der Waals surface area contributed by atoms with E-state index in [1.807, 2.05) is 32.2 Å². The molecule has 1 aromatic rings. The van der Waals surface area contributed by atoms with Crippen LogP contribution >= 0.6 is 0 Å². The second-order valence-electron chi connectivity index (χ2n) is 4.42. The van der Waals surface area contributed by atoms with E-state index < -0.39 is 0 Å². The predicted molar refractivity (Wildman–Crippen MR) is 71.7 cm³/mol. The number of carbonyl (C=O) groups is 1. The van der Waals surface area contributed by atoms with E-state index in [0.717, 1.165) is 18.8 Å². The van der Waals surface area contributed by atoms with E-state index in [1.165, 1.54) is 5.56 Å². The molecule has 1 aliphatic rings. The van der Waals surface area contributed by atoms with Crippen LogP contribution in [0, 0.1) is 0 Å². The van der Waals surface area contributed by atoms with Gasteiger partial charge in [0.15, 0.2) is 0 Å². The minimum Gasteiger partial charge on any atom is -0.380 e. The van der Waals surface area contributed by atoms with Crippen LogP contribution in [0.2, 0.25) is 0 Å². The summed E-state index contributed by atoms with van der Waals surface area (Å²) >= 11 is 0. The van der Waals surface area contributed by atoms with Gasteiger partial charge >= 0.3 is 0 Å². The average molecular weight is 248 g/mol.